The van der Waals surface area contributed by atoms with Gasteiger partial charge in [0.15, 0.2) is 5.16 Å². The van der Waals surface area contributed by atoms with Crippen LogP contribution in [0.15, 0.2) is 29.6 Å². The monoisotopic (exact) mass is 369 g/mol. The minimum absolute atomic E-state index is 0.352. The highest BCUT2D eigenvalue weighted by atomic mass is 32.2. The van der Waals surface area contributed by atoms with Crippen LogP contribution in [0, 0.1) is 26.7 Å². The van der Waals surface area contributed by atoms with Gasteiger partial charge in [0, 0.05) is 6.20 Å². The molecule has 5 nitrogen and oxygen atoms in total. The Kier molecular flexibility index (Phi) is 4.53. The number of benzene rings is 1. The SMILES string of the molecule is Cc1cnc(CS(=O)c2nc3c(OCC4CC4)cccc3[nH]2)c(C)c1C. The van der Waals surface area contributed by atoms with Crippen LogP contribution in [-0.4, -0.2) is 25.8 Å². The van der Waals surface area contributed by atoms with Gasteiger partial charge in [-0.25, -0.2) is 4.98 Å². The van der Waals surface area contributed by atoms with Crippen LogP contribution >= 0.6 is 0 Å². The van der Waals surface area contributed by atoms with E-state index in [1.165, 1.54) is 18.4 Å². The van der Waals surface area contributed by atoms with Crippen molar-refractivity contribution >= 4 is 21.8 Å². The zero-order valence-electron chi connectivity index (χ0n) is 15.3. The normalized spacial score (nSPS) is 15.3. The molecule has 0 bridgehead atoms. The molecule has 3 aromatic rings. The third kappa shape index (κ3) is 3.38. The van der Waals surface area contributed by atoms with Crippen LogP contribution in [0.1, 0.15) is 35.2 Å². The standard InChI is InChI=1S/C20H23N3O2S/c1-12-9-21-17(14(3)13(12)2)11-26(24)20-22-16-5-4-6-18(19(16)23-20)25-10-15-7-8-15/h4-6,9,15H,7-8,10-11H2,1-3H3,(H,22,23). The van der Waals surface area contributed by atoms with E-state index in [9.17, 15) is 4.21 Å². The molecule has 1 fully saturated rings. The number of pyridine rings is 1. The smallest absolute Gasteiger partial charge is 0.197 e. The number of H-pyrrole nitrogens is 1. The summed E-state index contributed by atoms with van der Waals surface area (Å²) in [6.45, 7) is 6.88. The highest BCUT2D eigenvalue weighted by molar-refractivity contribution is 7.84. The minimum atomic E-state index is -1.29. The van der Waals surface area contributed by atoms with Crippen LogP contribution in [0.25, 0.3) is 11.0 Å². The maximum absolute atomic E-state index is 12.9. The fraction of sp³-hybridized carbons (Fsp3) is 0.400. The van der Waals surface area contributed by atoms with Crippen molar-refractivity contribution in [3.8, 4) is 5.75 Å². The molecule has 1 unspecified atom stereocenters. The molecule has 6 heteroatoms. The predicted octanol–water partition coefficient (Wildman–Crippen LogP) is 3.98. The molecule has 2 heterocycles. The van der Waals surface area contributed by atoms with Crippen molar-refractivity contribution in [2.24, 2.45) is 5.92 Å². The van der Waals surface area contributed by atoms with E-state index in [0.29, 0.717) is 16.8 Å². The summed E-state index contributed by atoms with van der Waals surface area (Å²) in [5.41, 5.74) is 5.92. The molecule has 0 saturated heterocycles. The van der Waals surface area contributed by atoms with E-state index in [-0.39, 0.29) is 0 Å². The lowest BCUT2D eigenvalue weighted by molar-refractivity contribution is 0.302. The highest BCUT2D eigenvalue weighted by Gasteiger charge is 2.23. The third-order valence-electron chi connectivity index (χ3n) is 5.11. The van der Waals surface area contributed by atoms with Crippen LogP contribution in [0.4, 0.5) is 0 Å². The summed E-state index contributed by atoms with van der Waals surface area (Å²) >= 11 is 0. The summed E-state index contributed by atoms with van der Waals surface area (Å²) in [4.78, 5) is 12.2. The average molecular weight is 369 g/mol. The van der Waals surface area contributed by atoms with Crippen LogP contribution in [0.3, 0.4) is 0 Å². The number of nitrogens with zero attached hydrogens (tertiary/aromatic N) is 2. The van der Waals surface area contributed by atoms with E-state index in [4.69, 9.17) is 4.74 Å². The Morgan fingerprint density at radius 2 is 2.04 bits per heavy atom. The first-order valence-electron chi connectivity index (χ1n) is 8.94. The van der Waals surface area contributed by atoms with Crippen LogP contribution in [-0.2, 0) is 16.6 Å². The second kappa shape index (κ2) is 6.83. The van der Waals surface area contributed by atoms with E-state index < -0.39 is 10.8 Å². The lowest BCUT2D eigenvalue weighted by Gasteiger charge is -2.09. The van der Waals surface area contributed by atoms with E-state index in [0.717, 1.165) is 40.2 Å². The number of nitrogens with one attached hydrogen (secondary N) is 1. The Labute approximate surface area is 155 Å². The van der Waals surface area contributed by atoms with Gasteiger partial charge in [0.1, 0.15) is 11.3 Å². The minimum Gasteiger partial charge on any atom is -0.491 e. The Hall–Kier alpha value is -2.21. The number of hydrogen-bond donors (Lipinski definition) is 1. The Balaban J connectivity index is 1.59. The Morgan fingerprint density at radius 3 is 2.81 bits per heavy atom. The molecule has 1 saturated carbocycles. The molecule has 26 heavy (non-hydrogen) atoms. The van der Waals surface area contributed by atoms with Gasteiger partial charge in [-0.3, -0.25) is 9.19 Å². The largest absolute Gasteiger partial charge is 0.491 e. The fourth-order valence-electron chi connectivity index (χ4n) is 2.92. The number of fused-ring (bicyclic) bond motifs is 1. The molecule has 1 aliphatic rings. The first-order chi connectivity index (χ1) is 12.5. The van der Waals surface area contributed by atoms with E-state index in [1.54, 1.807) is 0 Å². The van der Waals surface area contributed by atoms with Gasteiger partial charge in [-0.2, -0.15) is 0 Å². The summed E-state index contributed by atoms with van der Waals surface area (Å²) in [6.07, 6.45) is 4.33. The number of ether oxygens (including phenoxy) is 1. The Bertz CT molecular complexity index is 992. The average Bonchev–Trinajstić information content (AvgIpc) is 3.36. The molecule has 136 valence electrons. The Morgan fingerprint density at radius 1 is 1.23 bits per heavy atom. The first-order valence-corrected chi connectivity index (χ1v) is 10.3. The number of imidazole rings is 1. The van der Waals surface area contributed by atoms with E-state index in [1.807, 2.05) is 38.2 Å². The van der Waals surface area contributed by atoms with Gasteiger partial charge in [-0.1, -0.05) is 6.07 Å². The van der Waals surface area contributed by atoms with Crippen molar-refractivity contribution in [3.05, 3.63) is 46.8 Å². The molecule has 1 aromatic carbocycles. The van der Waals surface area contributed by atoms with Gasteiger partial charge in [0.25, 0.3) is 0 Å². The number of rotatable bonds is 6. The van der Waals surface area contributed by atoms with Crippen molar-refractivity contribution < 1.29 is 8.95 Å². The number of aryl methyl sites for hydroxylation is 1. The zero-order chi connectivity index (χ0) is 18.3. The van der Waals surface area contributed by atoms with Gasteiger partial charge in [0.05, 0.1) is 34.4 Å². The number of aromatic nitrogens is 3. The van der Waals surface area contributed by atoms with E-state index in [2.05, 4.69) is 21.9 Å². The summed E-state index contributed by atoms with van der Waals surface area (Å²) in [6, 6.07) is 5.80. The van der Waals surface area contributed by atoms with Crippen LogP contribution in [0.2, 0.25) is 0 Å². The number of para-hydroxylation sites is 1. The maximum Gasteiger partial charge on any atom is 0.197 e. The number of aromatic amines is 1. The molecule has 0 amide bonds. The molecule has 0 spiro atoms. The molecule has 1 aliphatic carbocycles. The molecule has 0 radical (unpaired) electrons. The van der Waals surface area contributed by atoms with Crippen molar-refractivity contribution in [3.63, 3.8) is 0 Å². The molecule has 1 atom stereocenters. The summed E-state index contributed by atoms with van der Waals surface area (Å²) in [7, 11) is -1.29. The fourth-order valence-corrected chi connectivity index (χ4v) is 4.01. The summed E-state index contributed by atoms with van der Waals surface area (Å²) in [5, 5.41) is 0.474. The lowest BCUT2D eigenvalue weighted by atomic mass is 10.1. The van der Waals surface area contributed by atoms with Crippen molar-refractivity contribution in [2.75, 3.05) is 6.61 Å². The highest BCUT2D eigenvalue weighted by Crippen LogP contribution is 2.31. The molecular weight excluding hydrogens is 346 g/mol. The van der Waals surface area contributed by atoms with Crippen LogP contribution in [0.5, 0.6) is 5.75 Å². The second-order valence-electron chi connectivity index (χ2n) is 7.08. The third-order valence-corrected chi connectivity index (χ3v) is 6.27. The van der Waals surface area contributed by atoms with Crippen LogP contribution < -0.4 is 4.74 Å². The molecule has 2 aromatic heterocycles. The second-order valence-corrected chi connectivity index (χ2v) is 8.44. The molecule has 1 N–H and O–H groups in total. The van der Waals surface area contributed by atoms with Gasteiger partial charge in [-0.05, 0) is 68.4 Å². The van der Waals surface area contributed by atoms with Gasteiger partial charge < -0.3 is 9.72 Å². The topological polar surface area (TPSA) is 67.9 Å². The van der Waals surface area contributed by atoms with Crippen molar-refractivity contribution in [2.45, 2.75) is 44.5 Å². The van der Waals surface area contributed by atoms with Gasteiger partial charge in [-0.15, -0.1) is 0 Å². The van der Waals surface area contributed by atoms with E-state index >= 15 is 0 Å². The summed E-state index contributed by atoms with van der Waals surface area (Å²) in [5.74, 6) is 1.79. The molecule has 0 aliphatic heterocycles. The quantitative estimate of drug-likeness (QED) is 0.714. The maximum atomic E-state index is 12.9. The molecular formula is C20H23N3O2S. The first kappa shape index (κ1) is 17.2. The van der Waals surface area contributed by atoms with Crippen molar-refractivity contribution in [1.82, 2.24) is 15.0 Å². The van der Waals surface area contributed by atoms with Gasteiger partial charge >= 0.3 is 0 Å². The zero-order valence-corrected chi connectivity index (χ0v) is 16.2. The van der Waals surface area contributed by atoms with Crippen molar-refractivity contribution in [1.29, 1.82) is 0 Å². The number of hydrogen-bond acceptors (Lipinski definition) is 4. The van der Waals surface area contributed by atoms with Gasteiger partial charge in [0.2, 0.25) is 0 Å². The summed E-state index contributed by atoms with van der Waals surface area (Å²) < 4.78 is 18.8. The lowest BCUT2D eigenvalue weighted by Crippen LogP contribution is -2.05. The molecule has 4 rings (SSSR count). The predicted molar refractivity (Wildman–Crippen MR) is 103 cm³/mol.